The van der Waals surface area contributed by atoms with Crippen molar-refractivity contribution in [2.45, 2.75) is 13.8 Å². The predicted molar refractivity (Wildman–Crippen MR) is 92.6 cm³/mol. The summed E-state index contributed by atoms with van der Waals surface area (Å²) in [6.45, 7) is 3.89. The molecule has 24 heavy (non-hydrogen) atoms. The molecule has 2 heterocycles. The van der Waals surface area contributed by atoms with Crippen LogP contribution in [0.4, 0.5) is 11.4 Å². The molecule has 0 spiro atoms. The predicted octanol–water partition coefficient (Wildman–Crippen LogP) is 4.90. The molecule has 0 unspecified atom stereocenters. The zero-order valence-electron chi connectivity index (χ0n) is 13.2. The summed E-state index contributed by atoms with van der Waals surface area (Å²) in [5.41, 5.74) is 1.15. The molecule has 3 aromatic rings. The topological polar surface area (TPSA) is 84.1 Å². The SMILES string of the molecule is CCOC(=O)c1cc(O)c2cc(C)sc2c1/N=N/c1cccnc1. The van der Waals surface area contributed by atoms with E-state index in [2.05, 4.69) is 15.2 Å². The molecule has 0 saturated carbocycles. The first-order chi connectivity index (χ1) is 11.6. The summed E-state index contributed by atoms with van der Waals surface area (Å²) in [4.78, 5) is 17.2. The Morgan fingerprint density at radius 1 is 1.38 bits per heavy atom. The monoisotopic (exact) mass is 341 g/mol. The first kappa shape index (κ1) is 16.1. The van der Waals surface area contributed by atoms with Crippen molar-refractivity contribution in [1.29, 1.82) is 0 Å². The second kappa shape index (κ2) is 6.76. The smallest absolute Gasteiger partial charge is 0.340 e. The lowest BCUT2D eigenvalue weighted by molar-refractivity contribution is 0.0527. The van der Waals surface area contributed by atoms with Crippen LogP contribution in [0.2, 0.25) is 0 Å². The van der Waals surface area contributed by atoms with E-state index >= 15 is 0 Å². The van der Waals surface area contributed by atoms with Crippen LogP contribution in [0.25, 0.3) is 10.1 Å². The fraction of sp³-hybridized carbons (Fsp3) is 0.176. The van der Waals surface area contributed by atoms with Crippen LogP contribution in [0.3, 0.4) is 0 Å². The Morgan fingerprint density at radius 2 is 2.21 bits per heavy atom. The zero-order chi connectivity index (χ0) is 17.1. The highest BCUT2D eigenvalue weighted by molar-refractivity contribution is 7.19. The Balaban J connectivity index is 2.18. The summed E-state index contributed by atoms with van der Waals surface area (Å²) in [5.74, 6) is -0.515. The number of nitrogens with zero attached hydrogens (tertiary/aromatic N) is 3. The van der Waals surface area contributed by atoms with E-state index in [1.165, 1.54) is 17.4 Å². The number of thiophene rings is 1. The number of hydrogen-bond donors (Lipinski definition) is 1. The molecule has 0 aliphatic rings. The van der Waals surface area contributed by atoms with Crippen molar-refractivity contribution in [2.24, 2.45) is 10.2 Å². The minimum Gasteiger partial charge on any atom is -0.507 e. The standard InChI is InChI=1S/C17H15N3O3S/c1-3-23-17(22)13-8-14(21)12-7-10(2)24-16(12)15(13)20-19-11-5-4-6-18-9-11/h4-9,21H,3H2,1-2H3/b20-19+. The molecule has 1 aromatic carbocycles. The van der Waals surface area contributed by atoms with Gasteiger partial charge >= 0.3 is 5.97 Å². The summed E-state index contributed by atoms with van der Waals surface area (Å²) in [5, 5.41) is 19.2. The summed E-state index contributed by atoms with van der Waals surface area (Å²) in [6, 6.07) is 6.75. The summed E-state index contributed by atoms with van der Waals surface area (Å²) < 4.78 is 5.77. The molecule has 0 aliphatic carbocycles. The number of hydrogen-bond acceptors (Lipinski definition) is 7. The number of pyridine rings is 1. The number of fused-ring (bicyclic) bond motifs is 1. The van der Waals surface area contributed by atoms with Gasteiger partial charge in [-0.15, -0.1) is 21.6 Å². The molecule has 6 nitrogen and oxygen atoms in total. The number of azo groups is 1. The van der Waals surface area contributed by atoms with Crippen molar-refractivity contribution in [3.8, 4) is 5.75 Å². The molecule has 0 fully saturated rings. The lowest BCUT2D eigenvalue weighted by Crippen LogP contribution is -2.04. The Kier molecular flexibility index (Phi) is 4.52. The average molecular weight is 341 g/mol. The minimum atomic E-state index is -0.541. The van der Waals surface area contributed by atoms with Gasteiger partial charge < -0.3 is 9.84 Å². The van der Waals surface area contributed by atoms with Crippen LogP contribution in [-0.4, -0.2) is 22.7 Å². The molecule has 2 aromatic heterocycles. The highest BCUT2D eigenvalue weighted by atomic mass is 32.1. The number of rotatable bonds is 4. The summed E-state index contributed by atoms with van der Waals surface area (Å²) in [7, 11) is 0. The molecule has 1 N–H and O–H groups in total. The number of aromatic nitrogens is 1. The van der Waals surface area contributed by atoms with Crippen LogP contribution < -0.4 is 0 Å². The second-order valence-corrected chi connectivity index (χ2v) is 6.28. The van der Waals surface area contributed by atoms with E-state index in [0.29, 0.717) is 21.5 Å². The average Bonchev–Trinajstić information content (AvgIpc) is 2.97. The quantitative estimate of drug-likeness (QED) is 0.540. The maximum atomic E-state index is 12.2. The molecule has 0 atom stereocenters. The van der Waals surface area contributed by atoms with Gasteiger partial charge in [0.1, 0.15) is 17.1 Å². The van der Waals surface area contributed by atoms with E-state index in [0.717, 1.165) is 4.88 Å². The normalized spacial score (nSPS) is 11.2. The van der Waals surface area contributed by atoms with Crippen LogP contribution in [0.1, 0.15) is 22.2 Å². The van der Waals surface area contributed by atoms with Crippen molar-refractivity contribution in [1.82, 2.24) is 4.98 Å². The molecule has 0 amide bonds. The van der Waals surface area contributed by atoms with Gasteiger partial charge in [-0.2, -0.15) is 0 Å². The van der Waals surface area contributed by atoms with E-state index < -0.39 is 5.97 Å². The lowest BCUT2D eigenvalue weighted by Gasteiger charge is -2.07. The number of benzene rings is 1. The zero-order valence-corrected chi connectivity index (χ0v) is 14.0. The number of carbonyl (C=O) groups is 1. The fourth-order valence-corrected chi connectivity index (χ4v) is 3.29. The first-order valence-electron chi connectivity index (χ1n) is 7.35. The van der Waals surface area contributed by atoms with Crippen LogP contribution in [-0.2, 0) is 4.74 Å². The van der Waals surface area contributed by atoms with Crippen molar-refractivity contribution in [3.63, 3.8) is 0 Å². The van der Waals surface area contributed by atoms with Crippen molar-refractivity contribution in [3.05, 3.63) is 47.1 Å². The maximum Gasteiger partial charge on any atom is 0.340 e. The molecule has 0 saturated heterocycles. The maximum absolute atomic E-state index is 12.2. The number of phenolic OH excluding ortho intramolecular Hbond substituents is 1. The highest BCUT2D eigenvalue weighted by Gasteiger charge is 2.20. The van der Waals surface area contributed by atoms with Crippen molar-refractivity contribution >= 4 is 38.8 Å². The highest BCUT2D eigenvalue weighted by Crippen LogP contribution is 2.42. The number of aromatic hydroxyl groups is 1. The van der Waals surface area contributed by atoms with Gasteiger partial charge in [0.2, 0.25) is 0 Å². The van der Waals surface area contributed by atoms with Gasteiger partial charge in [-0.3, -0.25) is 4.98 Å². The number of ether oxygens (including phenoxy) is 1. The number of phenols is 1. The second-order valence-electron chi connectivity index (χ2n) is 5.02. The first-order valence-corrected chi connectivity index (χ1v) is 8.16. The molecule has 0 bridgehead atoms. The van der Waals surface area contributed by atoms with Crippen LogP contribution in [0.5, 0.6) is 5.75 Å². The van der Waals surface area contributed by atoms with Crippen LogP contribution in [0.15, 0.2) is 46.9 Å². The summed E-state index contributed by atoms with van der Waals surface area (Å²) >= 11 is 1.44. The molecule has 3 rings (SSSR count). The fourth-order valence-electron chi connectivity index (χ4n) is 2.27. The van der Waals surface area contributed by atoms with Gasteiger partial charge in [-0.1, -0.05) is 0 Å². The lowest BCUT2D eigenvalue weighted by atomic mass is 10.1. The van der Waals surface area contributed by atoms with Crippen LogP contribution in [0, 0.1) is 6.92 Å². The van der Waals surface area contributed by atoms with E-state index in [1.807, 2.05) is 13.0 Å². The minimum absolute atomic E-state index is 0.0257. The molecule has 122 valence electrons. The third-order valence-electron chi connectivity index (χ3n) is 3.29. The van der Waals surface area contributed by atoms with E-state index in [-0.39, 0.29) is 17.9 Å². The van der Waals surface area contributed by atoms with Crippen molar-refractivity contribution < 1.29 is 14.6 Å². The van der Waals surface area contributed by atoms with E-state index in [4.69, 9.17) is 4.74 Å². The van der Waals surface area contributed by atoms with Gasteiger partial charge in [0, 0.05) is 16.5 Å². The molecule has 0 radical (unpaired) electrons. The number of carbonyl (C=O) groups excluding carboxylic acids is 1. The number of esters is 1. The third-order valence-corrected chi connectivity index (χ3v) is 4.35. The van der Waals surface area contributed by atoms with Gasteiger partial charge in [-0.05, 0) is 38.1 Å². The molecule has 7 heteroatoms. The molecule has 0 aliphatic heterocycles. The van der Waals surface area contributed by atoms with Gasteiger partial charge in [0.15, 0.2) is 0 Å². The van der Waals surface area contributed by atoms with Gasteiger partial charge in [0.05, 0.1) is 23.1 Å². The Labute approximate surface area is 142 Å². The summed E-state index contributed by atoms with van der Waals surface area (Å²) in [6.07, 6.45) is 3.22. The van der Waals surface area contributed by atoms with Crippen LogP contribution >= 0.6 is 11.3 Å². The van der Waals surface area contributed by atoms with Gasteiger partial charge in [-0.25, -0.2) is 4.79 Å². The molecular formula is C17H15N3O3S. The van der Waals surface area contributed by atoms with Crippen molar-refractivity contribution in [2.75, 3.05) is 6.61 Å². The Morgan fingerprint density at radius 3 is 2.92 bits per heavy atom. The Hall–Kier alpha value is -2.80. The van der Waals surface area contributed by atoms with Gasteiger partial charge in [0.25, 0.3) is 0 Å². The molecular weight excluding hydrogens is 326 g/mol. The Bertz CT molecular complexity index is 920. The van der Waals surface area contributed by atoms with E-state index in [9.17, 15) is 9.90 Å². The third kappa shape index (κ3) is 3.11. The largest absolute Gasteiger partial charge is 0.507 e. The van der Waals surface area contributed by atoms with E-state index in [1.54, 1.807) is 31.5 Å². The number of aryl methyl sites for hydroxylation is 1.